The van der Waals surface area contributed by atoms with Crippen LogP contribution in [0.25, 0.3) is 0 Å². The van der Waals surface area contributed by atoms with Gasteiger partial charge in [-0.2, -0.15) is 4.98 Å². The number of halogens is 2. The summed E-state index contributed by atoms with van der Waals surface area (Å²) in [5, 5.41) is 4.05. The van der Waals surface area contributed by atoms with Crippen molar-refractivity contribution in [1.82, 2.24) is 10.1 Å². The van der Waals surface area contributed by atoms with Gasteiger partial charge in [-0.25, -0.2) is 4.39 Å². The molecule has 0 spiro atoms. The Bertz CT molecular complexity index is 625. The average Bonchev–Trinajstić information content (AvgIpc) is 3.09. The summed E-state index contributed by atoms with van der Waals surface area (Å²) in [6, 6.07) is 6.61. The third-order valence-corrected chi connectivity index (χ3v) is 4.31. The maximum atomic E-state index is 13.3. The lowest BCUT2D eigenvalue weighted by molar-refractivity contribution is 0.345. The molecular formula is C16H21ClFN3O. The second kappa shape index (κ2) is 6.75. The molecule has 1 heterocycles. The summed E-state index contributed by atoms with van der Waals surface area (Å²) in [4.78, 5) is 4.46. The number of nitrogens with zero attached hydrogens (tertiary/aromatic N) is 2. The lowest BCUT2D eigenvalue weighted by Crippen LogP contribution is -2.34. The standard InChI is InChI=1S/C16H20FN3O.ClH/c1-11(12-5-4-6-13(17)10-12)9-14-19-15(20-21-14)16(18)7-2-3-8-16;/h4-6,10-11H,2-3,7-9,18H2,1H3;1H. The lowest BCUT2D eigenvalue weighted by Gasteiger charge is -2.17. The van der Waals surface area contributed by atoms with Crippen LogP contribution in [0.3, 0.4) is 0 Å². The molecule has 0 bridgehead atoms. The second-order valence-electron chi connectivity index (χ2n) is 6.04. The normalized spacial score (nSPS) is 18.0. The highest BCUT2D eigenvalue weighted by molar-refractivity contribution is 5.85. The molecule has 6 heteroatoms. The van der Waals surface area contributed by atoms with Crippen molar-refractivity contribution in [2.75, 3.05) is 0 Å². The minimum absolute atomic E-state index is 0. The van der Waals surface area contributed by atoms with Crippen molar-refractivity contribution in [3.63, 3.8) is 0 Å². The third-order valence-electron chi connectivity index (χ3n) is 4.31. The maximum absolute atomic E-state index is 13.3. The van der Waals surface area contributed by atoms with E-state index in [1.165, 1.54) is 6.07 Å². The van der Waals surface area contributed by atoms with Crippen LogP contribution >= 0.6 is 12.4 Å². The van der Waals surface area contributed by atoms with Gasteiger partial charge in [-0.05, 0) is 36.5 Å². The van der Waals surface area contributed by atoms with Crippen molar-refractivity contribution in [2.24, 2.45) is 5.73 Å². The van der Waals surface area contributed by atoms with Gasteiger partial charge < -0.3 is 10.3 Å². The van der Waals surface area contributed by atoms with Gasteiger partial charge in [0, 0.05) is 6.42 Å². The van der Waals surface area contributed by atoms with E-state index in [1.54, 1.807) is 12.1 Å². The van der Waals surface area contributed by atoms with E-state index in [-0.39, 0.29) is 24.1 Å². The molecule has 1 aromatic heterocycles. The van der Waals surface area contributed by atoms with Crippen molar-refractivity contribution < 1.29 is 8.91 Å². The van der Waals surface area contributed by atoms with Crippen molar-refractivity contribution in [3.05, 3.63) is 47.4 Å². The zero-order valence-corrected chi connectivity index (χ0v) is 13.4. The Morgan fingerprint density at radius 1 is 1.36 bits per heavy atom. The predicted molar refractivity (Wildman–Crippen MR) is 84.4 cm³/mol. The van der Waals surface area contributed by atoms with E-state index in [0.29, 0.717) is 18.1 Å². The molecule has 1 aliphatic rings. The van der Waals surface area contributed by atoms with Crippen LogP contribution in [0, 0.1) is 5.82 Å². The fourth-order valence-corrected chi connectivity index (χ4v) is 2.96. The van der Waals surface area contributed by atoms with Crippen LogP contribution in [0.5, 0.6) is 0 Å². The summed E-state index contributed by atoms with van der Waals surface area (Å²) in [6.45, 7) is 2.02. The summed E-state index contributed by atoms with van der Waals surface area (Å²) in [5.74, 6) is 1.07. The Hall–Kier alpha value is -1.46. The molecule has 1 aromatic carbocycles. The molecule has 1 aliphatic carbocycles. The van der Waals surface area contributed by atoms with E-state index in [4.69, 9.17) is 10.3 Å². The van der Waals surface area contributed by atoms with Crippen LogP contribution in [0.15, 0.2) is 28.8 Å². The largest absolute Gasteiger partial charge is 0.339 e. The zero-order chi connectivity index (χ0) is 14.9. The van der Waals surface area contributed by atoms with E-state index in [1.807, 2.05) is 13.0 Å². The molecule has 0 radical (unpaired) electrons. The minimum Gasteiger partial charge on any atom is -0.339 e. The first-order valence-corrected chi connectivity index (χ1v) is 7.44. The van der Waals surface area contributed by atoms with Crippen LogP contribution in [0.4, 0.5) is 4.39 Å². The topological polar surface area (TPSA) is 64.9 Å². The summed E-state index contributed by atoms with van der Waals surface area (Å²) >= 11 is 0. The van der Waals surface area contributed by atoms with E-state index < -0.39 is 5.54 Å². The quantitative estimate of drug-likeness (QED) is 0.930. The molecule has 1 atom stereocenters. The Balaban J connectivity index is 0.00000176. The van der Waals surface area contributed by atoms with Gasteiger partial charge in [-0.3, -0.25) is 0 Å². The van der Waals surface area contributed by atoms with Crippen LogP contribution < -0.4 is 5.73 Å². The molecule has 0 saturated heterocycles. The first kappa shape index (κ1) is 16.9. The second-order valence-corrected chi connectivity index (χ2v) is 6.04. The number of rotatable bonds is 4. The molecule has 1 unspecified atom stereocenters. The molecule has 2 aromatic rings. The highest BCUT2D eigenvalue weighted by atomic mass is 35.5. The van der Waals surface area contributed by atoms with Crippen LogP contribution in [0.1, 0.15) is 55.8 Å². The molecule has 22 heavy (non-hydrogen) atoms. The predicted octanol–water partition coefficient (Wildman–Crippen LogP) is 3.70. The average molecular weight is 326 g/mol. The van der Waals surface area contributed by atoms with Gasteiger partial charge in [0.1, 0.15) is 5.82 Å². The molecule has 1 saturated carbocycles. The zero-order valence-electron chi connectivity index (χ0n) is 12.6. The summed E-state index contributed by atoms with van der Waals surface area (Å²) in [5.41, 5.74) is 6.82. The van der Waals surface area contributed by atoms with Crippen molar-refractivity contribution in [2.45, 2.75) is 50.5 Å². The van der Waals surface area contributed by atoms with Gasteiger partial charge in [0.25, 0.3) is 0 Å². The number of aromatic nitrogens is 2. The third kappa shape index (κ3) is 3.47. The summed E-state index contributed by atoms with van der Waals surface area (Å²) in [7, 11) is 0. The fourth-order valence-electron chi connectivity index (χ4n) is 2.96. The Morgan fingerprint density at radius 3 is 2.77 bits per heavy atom. The molecule has 2 N–H and O–H groups in total. The maximum Gasteiger partial charge on any atom is 0.227 e. The molecular weight excluding hydrogens is 305 g/mol. The van der Waals surface area contributed by atoms with Crippen LogP contribution in [0.2, 0.25) is 0 Å². The summed E-state index contributed by atoms with van der Waals surface area (Å²) in [6.07, 6.45) is 4.63. The molecule has 3 rings (SSSR count). The van der Waals surface area contributed by atoms with Gasteiger partial charge >= 0.3 is 0 Å². The smallest absolute Gasteiger partial charge is 0.227 e. The van der Waals surface area contributed by atoms with E-state index >= 15 is 0 Å². The molecule has 1 fully saturated rings. The molecule has 4 nitrogen and oxygen atoms in total. The van der Waals surface area contributed by atoms with Crippen LogP contribution in [-0.2, 0) is 12.0 Å². The van der Waals surface area contributed by atoms with E-state index in [0.717, 1.165) is 31.2 Å². The highest BCUT2D eigenvalue weighted by Crippen LogP contribution is 2.34. The van der Waals surface area contributed by atoms with Gasteiger partial charge in [0.05, 0.1) is 5.54 Å². The molecule has 0 aliphatic heterocycles. The van der Waals surface area contributed by atoms with Gasteiger partial charge in [0.15, 0.2) is 5.82 Å². The summed E-state index contributed by atoms with van der Waals surface area (Å²) < 4.78 is 18.6. The Kier molecular flexibility index (Phi) is 5.19. The number of nitrogens with two attached hydrogens (primary N) is 1. The number of benzene rings is 1. The van der Waals surface area contributed by atoms with Gasteiger partial charge in [-0.15, -0.1) is 12.4 Å². The number of hydrogen-bond acceptors (Lipinski definition) is 4. The number of hydrogen-bond donors (Lipinski definition) is 1. The first-order valence-electron chi connectivity index (χ1n) is 7.44. The Labute approximate surface area is 135 Å². The van der Waals surface area contributed by atoms with Crippen molar-refractivity contribution in [3.8, 4) is 0 Å². The molecule has 0 amide bonds. The Morgan fingerprint density at radius 2 is 2.09 bits per heavy atom. The highest BCUT2D eigenvalue weighted by Gasteiger charge is 2.36. The SMILES string of the molecule is CC(Cc1nc(C2(N)CCCC2)no1)c1cccc(F)c1.Cl. The van der Waals surface area contributed by atoms with E-state index in [9.17, 15) is 4.39 Å². The minimum atomic E-state index is -0.427. The van der Waals surface area contributed by atoms with E-state index in [2.05, 4.69) is 10.1 Å². The monoisotopic (exact) mass is 325 g/mol. The van der Waals surface area contributed by atoms with Gasteiger partial charge in [0.2, 0.25) is 5.89 Å². The fraction of sp³-hybridized carbons (Fsp3) is 0.500. The van der Waals surface area contributed by atoms with Crippen molar-refractivity contribution >= 4 is 12.4 Å². The van der Waals surface area contributed by atoms with Crippen LogP contribution in [-0.4, -0.2) is 10.1 Å². The first-order chi connectivity index (χ1) is 10.1. The van der Waals surface area contributed by atoms with Gasteiger partial charge in [-0.1, -0.05) is 37.1 Å². The van der Waals surface area contributed by atoms with Crippen molar-refractivity contribution in [1.29, 1.82) is 0 Å². The molecule has 120 valence electrons. The lowest BCUT2D eigenvalue weighted by atomic mass is 9.97.